The summed E-state index contributed by atoms with van der Waals surface area (Å²) in [6.07, 6.45) is 2.49. The van der Waals surface area contributed by atoms with Crippen molar-refractivity contribution in [2.75, 3.05) is 18.9 Å². The maximum Gasteiger partial charge on any atom is 0.523 e. The van der Waals surface area contributed by atoms with Gasteiger partial charge in [0, 0.05) is 12.8 Å². The Kier molecular flexibility index (Phi) is 6.73. The third-order valence-electron chi connectivity index (χ3n) is 7.78. The number of hydrogen-bond acceptors (Lipinski definition) is 12. The Balaban J connectivity index is 1.44. The van der Waals surface area contributed by atoms with Gasteiger partial charge in [0.05, 0.1) is 11.9 Å². The first-order valence-electron chi connectivity index (χ1n) is 13.0. The van der Waals surface area contributed by atoms with Crippen LogP contribution >= 0.6 is 0 Å². The van der Waals surface area contributed by atoms with Crippen molar-refractivity contribution in [2.24, 2.45) is 0 Å². The van der Waals surface area contributed by atoms with Gasteiger partial charge in [0.25, 0.3) is 0 Å². The minimum atomic E-state index is -6.07. The molecule has 0 amide bonds. The van der Waals surface area contributed by atoms with Crippen LogP contribution in [0.4, 0.5) is 19.0 Å². The number of halogens is 3. The van der Waals surface area contributed by atoms with E-state index in [1.54, 1.807) is 25.1 Å². The maximum absolute atomic E-state index is 13.3. The van der Waals surface area contributed by atoms with E-state index in [-0.39, 0.29) is 22.5 Å². The molecule has 6 rings (SSSR count). The van der Waals surface area contributed by atoms with E-state index in [2.05, 4.69) is 19.1 Å². The number of fused-ring (bicyclic) bond motifs is 2. The van der Waals surface area contributed by atoms with E-state index in [1.165, 1.54) is 29.4 Å². The van der Waals surface area contributed by atoms with Gasteiger partial charge in [-0.15, -0.1) is 0 Å². The van der Waals surface area contributed by atoms with E-state index in [0.29, 0.717) is 12.8 Å². The zero-order valence-electron chi connectivity index (χ0n) is 22.1. The van der Waals surface area contributed by atoms with Crippen LogP contribution in [0.15, 0.2) is 43.0 Å². The highest BCUT2D eigenvalue weighted by atomic mass is 32.2. The smallest absolute Gasteiger partial charge is 0.459 e. The summed E-state index contributed by atoms with van der Waals surface area (Å²) in [6, 6.07) is 7.83. The van der Waals surface area contributed by atoms with Crippen molar-refractivity contribution in [1.29, 1.82) is 0 Å². The zero-order chi connectivity index (χ0) is 30.0. The standard InChI is InChI=1S/C25H26F3N5O8S/c1-22-20(39-24(41-22)9-5-6-10-24)23(12-38-42(35,36)25(26,27)28,11-37-19(34)15-7-3-2-4-8-15)40-21(22)33-14-32-16-17(29)30-13-31-18(16)33/h2-4,7-8,13-14,20-21H,5-6,9-12H2,1H3,(H2,29,30,31)/t20-,21+,22+,23-/m0/s1. The highest BCUT2D eigenvalue weighted by molar-refractivity contribution is 7.87. The minimum absolute atomic E-state index is 0.0666. The van der Waals surface area contributed by atoms with Crippen molar-refractivity contribution >= 4 is 33.1 Å². The molecular weight excluding hydrogens is 587 g/mol. The summed E-state index contributed by atoms with van der Waals surface area (Å²) >= 11 is 0. The van der Waals surface area contributed by atoms with Crippen LogP contribution < -0.4 is 5.73 Å². The summed E-state index contributed by atoms with van der Waals surface area (Å²) in [7, 11) is -6.07. The van der Waals surface area contributed by atoms with Crippen molar-refractivity contribution in [3.63, 3.8) is 0 Å². The minimum Gasteiger partial charge on any atom is -0.459 e. The van der Waals surface area contributed by atoms with E-state index < -0.39 is 64.1 Å². The second kappa shape index (κ2) is 9.84. The number of nitrogens with zero attached hydrogens (tertiary/aromatic N) is 4. The summed E-state index contributed by atoms with van der Waals surface area (Å²) in [5, 5.41) is 0. The molecule has 3 aromatic rings. The van der Waals surface area contributed by atoms with Crippen molar-refractivity contribution in [1.82, 2.24) is 19.5 Å². The molecule has 1 spiro atoms. The average molecular weight is 614 g/mol. The first kappa shape index (κ1) is 28.7. The van der Waals surface area contributed by atoms with Gasteiger partial charge in [-0.25, -0.2) is 19.7 Å². The number of rotatable bonds is 7. The molecule has 2 saturated heterocycles. The molecule has 2 N–H and O–H groups in total. The lowest BCUT2D eigenvalue weighted by atomic mass is 9.88. The van der Waals surface area contributed by atoms with Crippen LogP contribution in [0.2, 0.25) is 0 Å². The Morgan fingerprint density at radius 1 is 1.12 bits per heavy atom. The summed E-state index contributed by atoms with van der Waals surface area (Å²) in [5.74, 6) is -1.90. The molecule has 1 saturated carbocycles. The van der Waals surface area contributed by atoms with E-state index in [9.17, 15) is 26.4 Å². The normalized spacial score (nSPS) is 28.9. The molecule has 226 valence electrons. The molecule has 4 heterocycles. The lowest BCUT2D eigenvalue weighted by Gasteiger charge is -2.34. The Labute approximate surface area is 237 Å². The van der Waals surface area contributed by atoms with Crippen LogP contribution in [0.5, 0.6) is 0 Å². The Bertz CT molecular complexity index is 1610. The largest absolute Gasteiger partial charge is 0.523 e. The number of benzene rings is 1. The molecule has 42 heavy (non-hydrogen) atoms. The van der Waals surface area contributed by atoms with Crippen molar-refractivity contribution < 1.29 is 49.5 Å². The van der Waals surface area contributed by atoms with Crippen LogP contribution in [0.1, 0.15) is 49.2 Å². The van der Waals surface area contributed by atoms with E-state index in [0.717, 1.165) is 12.8 Å². The van der Waals surface area contributed by atoms with Gasteiger partial charge in [-0.3, -0.25) is 8.75 Å². The van der Waals surface area contributed by atoms with Gasteiger partial charge >= 0.3 is 21.6 Å². The first-order chi connectivity index (χ1) is 19.8. The SMILES string of the molecule is C[C@@]12OC3(CCCC3)O[C@@H]1[C@](COC(=O)c1ccccc1)(COS(=O)(=O)C(F)(F)F)O[C@H]2n1cnc2c(N)ncnc21. The fourth-order valence-corrected chi connectivity index (χ4v) is 6.37. The van der Waals surface area contributed by atoms with Gasteiger partial charge in [-0.1, -0.05) is 18.2 Å². The molecular formula is C25H26F3N5O8S. The van der Waals surface area contributed by atoms with Gasteiger partial charge in [0.1, 0.15) is 36.8 Å². The monoisotopic (exact) mass is 613 g/mol. The molecule has 0 bridgehead atoms. The van der Waals surface area contributed by atoms with Crippen molar-refractivity contribution in [3.05, 3.63) is 48.5 Å². The number of ether oxygens (including phenoxy) is 4. The second-order valence-electron chi connectivity index (χ2n) is 10.6. The van der Waals surface area contributed by atoms with Crippen LogP contribution in [0.3, 0.4) is 0 Å². The lowest BCUT2D eigenvalue weighted by Crippen LogP contribution is -2.54. The highest BCUT2D eigenvalue weighted by Gasteiger charge is 2.73. The summed E-state index contributed by atoms with van der Waals surface area (Å²) < 4.78 is 94.8. The van der Waals surface area contributed by atoms with Crippen molar-refractivity contribution in [2.45, 2.75) is 67.4 Å². The molecule has 4 atom stereocenters. The topological polar surface area (TPSA) is 167 Å². The van der Waals surface area contributed by atoms with Crippen molar-refractivity contribution in [3.8, 4) is 0 Å². The molecule has 1 aliphatic carbocycles. The highest BCUT2D eigenvalue weighted by Crippen LogP contribution is 2.59. The van der Waals surface area contributed by atoms with E-state index in [4.69, 9.17) is 24.7 Å². The summed E-state index contributed by atoms with van der Waals surface area (Å²) in [6.45, 7) is -0.338. The number of nitrogens with two attached hydrogens (primary N) is 1. The average Bonchev–Trinajstić information content (AvgIpc) is 3.70. The number of nitrogen functional groups attached to an aromatic ring is 1. The van der Waals surface area contributed by atoms with Crippen LogP contribution in [0.25, 0.3) is 11.2 Å². The molecule has 3 fully saturated rings. The van der Waals surface area contributed by atoms with Crippen LogP contribution in [-0.2, 0) is 33.2 Å². The number of anilines is 1. The predicted octanol–water partition coefficient (Wildman–Crippen LogP) is 2.84. The summed E-state index contributed by atoms with van der Waals surface area (Å²) in [4.78, 5) is 25.3. The zero-order valence-corrected chi connectivity index (χ0v) is 22.9. The number of imidazole rings is 1. The Morgan fingerprint density at radius 3 is 2.52 bits per heavy atom. The van der Waals surface area contributed by atoms with E-state index >= 15 is 0 Å². The number of esters is 1. The Morgan fingerprint density at radius 2 is 1.83 bits per heavy atom. The lowest BCUT2D eigenvalue weighted by molar-refractivity contribution is -0.254. The number of hydrogen-bond donors (Lipinski definition) is 1. The Hall–Kier alpha value is -3.38. The van der Waals surface area contributed by atoms with Gasteiger partial charge in [0.2, 0.25) is 0 Å². The molecule has 2 aliphatic heterocycles. The third-order valence-corrected chi connectivity index (χ3v) is 8.77. The van der Waals surface area contributed by atoms with Crippen LogP contribution in [0, 0.1) is 0 Å². The van der Waals surface area contributed by atoms with E-state index in [1.807, 2.05) is 0 Å². The second-order valence-corrected chi connectivity index (χ2v) is 12.2. The molecule has 13 nitrogen and oxygen atoms in total. The number of alkyl halides is 3. The van der Waals surface area contributed by atoms with Gasteiger partial charge in [0.15, 0.2) is 29.1 Å². The molecule has 3 aliphatic rings. The van der Waals surface area contributed by atoms with Gasteiger partial charge in [-0.05, 0) is 31.9 Å². The fourth-order valence-electron chi connectivity index (χ4n) is 5.88. The quantitative estimate of drug-likeness (QED) is 0.235. The summed E-state index contributed by atoms with van der Waals surface area (Å²) in [5.41, 5.74) is -2.74. The molecule has 0 unspecified atom stereocenters. The van der Waals surface area contributed by atoms with Crippen LogP contribution in [-0.4, -0.2) is 75.7 Å². The fraction of sp³-hybridized carbons (Fsp3) is 0.520. The van der Waals surface area contributed by atoms with Gasteiger partial charge in [-0.2, -0.15) is 21.6 Å². The van der Waals surface area contributed by atoms with Gasteiger partial charge < -0.3 is 24.7 Å². The molecule has 0 radical (unpaired) electrons. The number of carbonyl (C=O) groups excluding carboxylic acids is 1. The number of aromatic nitrogens is 4. The first-order valence-corrected chi connectivity index (χ1v) is 14.4. The number of carbonyl (C=O) groups is 1. The molecule has 1 aromatic carbocycles. The molecule has 17 heteroatoms. The third kappa shape index (κ3) is 4.59. The molecule has 2 aromatic heterocycles. The maximum atomic E-state index is 13.3. The predicted molar refractivity (Wildman–Crippen MR) is 136 cm³/mol.